The van der Waals surface area contributed by atoms with Gasteiger partial charge in [-0.15, -0.1) is 0 Å². The van der Waals surface area contributed by atoms with Gasteiger partial charge in [-0.25, -0.2) is 8.42 Å². The maximum Gasteiger partial charge on any atom is 0.322 e. The summed E-state index contributed by atoms with van der Waals surface area (Å²) >= 11 is 0. The standard InChI is InChI=1S/C13H16O4S/c14-13(15)12(8-10-4-2-1-3-5-10)18(16,17)9-11-6-7-11/h1-5,11-12H,6-9H2,(H,14,15). The molecular weight excluding hydrogens is 252 g/mol. The van der Waals surface area contributed by atoms with Crippen LogP contribution in [0.4, 0.5) is 0 Å². The Morgan fingerprint density at radius 1 is 1.28 bits per heavy atom. The third kappa shape index (κ3) is 3.32. The number of rotatable bonds is 6. The Kier molecular flexibility index (Phi) is 3.71. The zero-order chi connectivity index (χ0) is 13.2. The molecule has 0 heterocycles. The molecule has 0 bridgehead atoms. The Morgan fingerprint density at radius 2 is 1.89 bits per heavy atom. The van der Waals surface area contributed by atoms with E-state index >= 15 is 0 Å². The van der Waals surface area contributed by atoms with Gasteiger partial charge in [-0.05, 0) is 30.7 Å². The van der Waals surface area contributed by atoms with Crippen molar-refractivity contribution in [3.63, 3.8) is 0 Å². The zero-order valence-electron chi connectivity index (χ0n) is 9.95. The van der Waals surface area contributed by atoms with Gasteiger partial charge in [0.1, 0.15) is 0 Å². The van der Waals surface area contributed by atoms with Gasteiger partial charge in [0.25, 0.3) is 0 Å². The predicted molar refractivity (Wildman–Crippen MR) is 68.1 cm³/mol. The van der Waals surface area contributed by atoms with Gasteiger partial charge in [0, 0.05) is 0 Å². The van der Waals surface area contributed by atoms with E-state index in [0.29, 0.717) is 0 Å². The van der Waals surface area contributed by atoms with E-state index in [9.17, 15) is 13.2 Å². The molecule has 2 rings (SSSR count). The van der Waals surface area contributed by atoms with E-state index < -0.39 is 21.1 Å². The fourth-order valence-electron chi connectivity index (χ4n) is 1.93. The van der Waals surface area contributed by atoms with Crippen LogP contribution in [0.15, 0.2) is 30.3 Å². The minimum atomic E-state index is -3.56. The first-order valence-corrected chi connectivity index (χ1v) is 7.69. The fourth-order valence-corrected chi connectivity index (χ4v) is 3.90. The van der Waals surface area contributed by atoms with Crippen LogP contribution in [0.2, 0.25) is 0 Å². The molecule has 1 atom stereocenters. The van der Waals surface area contributed by atoms with E-state index in [0.717, 1.165) is 18.4 Å². The lowest BCUT2D eigenvalue weighted by molar-refractivity contribution is -0.136. The van der Waals surface area contributed by atoms with Crippen molar-refractivity contribution in [2.24, 2.45) is 5.92 Å². The summed E-state index contributed by atoms with van der Waals surface area (Å²) in [5.74, 6) is -1.07. The monoisotopic (exact) mass is 268 g/mol. The molecule has 1 saturated carbocycles. The van der Waals surface area contributed by atoms with Gasteiger partial charge in [0.15, 0.2) is 15.1 Å². The number of benzene rings is 1. The molecule has 18 heavy (non-hydrogen) atoms. The van der Waals surface area contributed by atoms with Crippen LogP contribution in [0.1, 0.15) is 18.4 Å². The van der Waals surface area contributed by atoms with Crippen LogP contribution in [0.3, 0.4) is 0 Å². The Balaban J connectivity index is 2.15. The highest BCUT2D eigenvalue weighted by Gasteiger charge is 2.37. The molecule has 5 heteroatoms. The van der Waals surface area contributed by atoms with Crippen molar-refractivity contribution in [2.75, 3.05) is 5.75 Å². The summed E-state index contributed by atoms with van der Waals surface area (Å²) in [6, 6.07) is 8.88. The average molecular weight is 268 g/mol. The highest BCUT2D eigenvalue weighted by atomic mass is 32.2. The molecular formula is C13H16O4S. The number of sulfone groups is 1. The average Bonchev–Trinajstić information content (AvgIpc) is 3.10. The van der Waals surface area contributed by atoms with Crippen LogP contribution in [0, 0.1) is 5.92 Å². The smallest absolute Gasteiger partial charge is 0.322 e. The molecule has 0 radical (unpaired) electrons. The second-order valence-electron chi connectivity index (χ2n) is 4.79. The Bertz CT molecular complexity index is 517. The van der Waals surface area contributed by atoms with Crippen LogP contribution in [0.5, 0.6) is 0 Å². The third-order valence-corrected chi connectivity index (χ3v) is 5.31. The van der Waals surface area contributed by atoms with E-state index in [1.807, 2.05) is 6.07 Å². The molecule has 0 spiro atoms. The second-order valence-corrected chi connectivity index (χ2v) is 7.02. The van der Waals surface area contributed by atoms with E-state index in [1.165, 1.54) is 0 Å². The van der Waals surface area contributed by atoms with Crippen LogP contribution in [-0.4, -0.2) is 30.5 Å². The molecule has 0 aromatic heterocycles. The molecule has 4 nitrogen and oxygen atoms in total. The molecule has 0 aliphatic heterocycles. The summed E-state index contributed by atoms with van der Waals surface area (Å²) in [7, 11) is -3.56. The molecule has 1 fully saturated rings. The lowest BCUT2D eigenvalue weighted by Crippen LogP contribution is -2.34. The molecule has 1 N–H and O–H groups in total. The molecule has 1 aliphatic carbocycles. The summed E-state index contributed by atoms with van der Waals surface area (Å²) in [6.07, 6.45) is 1.85. The summed E-state index contributed by atoms with van der Waals surface area (Å²) in [4.78, 5) is 11.2. The largest absolute Gasteiger partial charge is 0.480 e. The number of carbonyl (C=O) groups is 1. The van der Waals surface area contributed by atoms with Crippen molar-refractivity contribution in [3.05, 3.63) is 35.9 Å². The molecule has 0 amide bonds. The third-order valence-electron chi connectivity index (χ3n) is 3.14. The predicted octanol–water partition coefficient (Wildman–Crippen LogP) is 1.51. The highest BCUT2D eigenvalue weighted by molar-refractivity contribution is 7.92. The van der Waals surface area contributed by atoms with Crippen molar-refractivity contribution in [1.29, 1.82) is 0 Å². The first-order chi connectivity index (χ1) is 8.49. The second kappa shape index (κ2) is 5.10. The maximum absolute atomic E-state index is 12.0. The van der Waals surface area contributed by atoms with Gasteiger partial charge in [-0.2, -0.15) is 0 Å². The maximum atomic E-state index is 12.0. The van der Waals surface area contributed by atoms with Crippen molar-refractivity contribution in [3.8, 4) is 0 Å². The Labute approximate surface area is 107 Å². The summed E-state index contributed by atoms with van der Waals surface area (Å²) < 4.78 is 24.1. The first kappa shape index (κ1) is 13.1. The summed E-state index contributed by atoms with van der Waals surface area (Å²) in [5, 5.41) is 7.81. The number of hydrogen-bond donors (Lipinski definition) is 1. The summed E-state index contributed by atoms with van der Waals surface area (Å²) in [5.41, 5.74) is 0.740. The van der Waals surface area contributed by atoms with Crippen molar-refractivity contribution >= 4 is 15.8 Å². The number of aliphatic carboxylic acids is 1. The molecule has 1 aromatic carbocycles. The van der Waals surface area contributed by atoms with Crippen molar-refractivity contribution in [1.82, 2.24) is 0 Å². The van der Waals surface area contributed by atoms with E-state index in [2.05, 4.69) is 0 Å². The quantitative estimate of drug-likeness (QED) is 0.849. The summed E-state index contributed by atoms with van der Waals surface area (Å²) in [6.45, 7) is 0. The highest BCUT2D eigenvalue weighted by Crippen LogP contribution is 2.31. The van der Waals surface area contributed by atoms with E-state index in [-0.39, 0.29) is 18.1 Å². The van der Waals surface area contributed by atoms with Crippen molar-refractivity contribution < 1.29 is 18.3 Å². The van der Waals surface area contributed by atoms with Gasteiger partial charge in [-0.3, -0.25) is 4.79 Å². The first-order valence-electron chi connectivity index (χ1n) is 5.97. The van der Waals surface area contributed by atoms with Gasteiger partial charge in [0.05, 0.1) is 5.75 Å². The topological polar surface area (TPSA) is 71.4 Å². The van der Waals surface area contributed by atoms with Gasteiger partial charge in [0.2, 0.25) is 0 Å². The van der Waals surface area contributed by atoms with Crippen molar-refractivity contribution in [2.45, 2.75) is 24.5 Å². The van der Waals surface area contributed by atoms with E-state index in [1.54, 1.807) is 24.3 Å². The number of carboxylic acids is 1. The molecule has 1 unspecified atom stereocenters. The van der Waals surface area contributed by atoms with Crippen LogP contribution >= 0.6 is 0 Å². The lowest BCUT2D eigenvalue weighted by atomic mass is 10.1. The van der Waals surface area contributed by atoms with Crippen LogP contribution in [-0.2, 0) is 21.1 Å². The minimum absolute atomic E-state index is 0.0107. The van der Waals surface area contributed by atoms with Crippen LogP contribution < -0.4 is 0 Å². The SMILES string of the molecule is O=C(O)C(Cc1ccccc1)S(=O)(=O)CC1CC1. The van der Waals surface area contributed by atoms with Crippen LogP contribution in [0.25, 0.3) is 0 Å². The molecule has 1 aliphatic rings. The Hall–Kier alpha value is -1.36. The Morgan fingerprint density at radius 3 is 2.39 bits per heavy atom. The zero-order valence-corrected chi connectivity index (χ0v) is 10.8. The lowest BCUT2D eigenvalue weighted by Gasteiger charge is -2.13. The molecule has 0 saturated heterocycles. The van der Waals surface area contributed by atoms with Gasteiger partial charge in [-0.1, -0.05) is 30.3 Å². The molecule has 98 valence electrons. The number of carboxylic acid groups (broad SMARTS) is 1. The van der Waals surface area contributed by atoms with Gasteiger partial charge >= 0.3 is 5.97 Å². The number of hydrogen-bond acceptors (Lipinski definition) is 3. The normalized spacial score (nSPS) is 17.3. The minimum Gasteiger partial charge on any atom is -0.480 e. The molecule has 1 aromatic rings. The van der Waals surface area contributed by atoms with Gasteiger partial charge < -0.3 is 5.11 Å². The van der Waals surface area contributed by atoms with E-state index in [4.69, 9.17) is 5.11 Å². The fraction of sp³-hybridized carbons (Fsp3) is 0.462.